The molecule has 0 unspecified atom stereocenters. The molecule has 0 spiro atoms. The Balaban J connectivity index is 0. The van der Waals surface area contributed by atoms with Crippen LogP contribution in [-0.2, 0) is 39.2 Å². The Morgan fingerprint density at radius 1 is 0.938 bits per heavy atom. The molecule has 1 N–H and O–H groups in total. The third kappa shape index (κ3) is 11.6. The van der Waals surface area contributed by atoms with Crippen LogP contribution in [0.3, 0.4) is 0 Å². The van der Waals surface area contributed by atoms with Crippen LogP contribution >= 0.6 is 0 Å². The van der Waals surface area contributed by atoms with Gasteiger partial charge in [-0.2, -0.15) is 0 Å². The van der Waals surface area contributed by atoms with Gasteiger partial charge in [-0.05, 0) is 27.7 Å². The predicted molar refractivity (Wildman–Crippen MR) is 55.3 cm³/mol. The number of hydrogen-bond donors (Lipinski definition) is 1. The zero-order valence-corrected chi connectivity index (χ0v) is 11.9. The summed E-state index contributed by atoms with van der Waals surface area (Å²) in [4.78, 5) is 22.0. The summed E-state index contributed by atoms with van der Waals surface area (Å²) in [6.07, 6.45) is -0.274. The van der Waals surface area contributed by atoms with Gasteiger partial charge in [-0.15, -0.1) is 0 Å². The minimum Gasteiger partial charge on any atom is -0.462 e. The molecule has 1 radical (unpaired) electrons. The Labute approximate surface area is 110 Å². The third-order valence-electron chi connectivity index (χ3n) is 1.27. The van der Waals surface area contributed by atoms with Crippen LogP contribution < -0.4 is 5.32 Å². The second kappa shape index (κ2) is 9.75. The number of carbonyl (C=O) groups is 2. The summed E-state index contributed by atoms with van der Waals surface area (Å²) in [7, 11) is 0. The molecule has 0 aliphatic carbocycles. The second-order valence-electron chi connectivity index (χ2n) is 3.68. The van der Waals surface area contributed by atoms with E-state index >= 15 is 0 Å². The first-order valence-corrected chi connectivity index (χ1v) is 5.01. The van der Waals surface area contributed by atoms with E-state index in [0.29, 0.717) is 0 Å². The van der Waals surface area contributed by atoms with E-state index in [9.17, 15) is 9.59 Å². The van der Waals surface area contributed by atoms with Crippen molar-refractivity contribution in [3.8, 4) is 0 Å². The molecule has 0 heterocycles. The van der Waals surface area contributed by atoms with E-state index in [1.807, 2.05) is 0 Å². The molecule has 95 valence electrons. The summed E-state index contributed by atoms with van der Waals surface area (Å²) < 4.78 is 9.72. The van der Waals surface area contributed by atoms with Crippen LogP contribution in [0, 0.1) is 0 Å². The summed E-state index contributed by atoms with van der Waals surface area (Å²) in [6, 6.07) is 0. The van der Waals surface area contributed by atoms with E-state index in [1.54, 1.807) is 27.7 Å². The van der Waals surface area contributed by atoms with E-state index < -0.39 is 0 Å². The number of nitrogens with one attached hydrogen (secondary N) is 1. The van der Waals surface area contributed by atoms with E-state index in [2.05, 4.69) is 5.32 Å². The first kappa shape index (κ1) is 17.9. The molecule has 0 aromatic heterocycles. The molecule has 0 saturated heterocycles. The molecule has 0 bridgehead atoms. The maximum absolute atomic E-state index is 11.0. The van der Waals surface area contributed by atoms with E-state index in [4.69, 9.17) is 9.47 Å². The van der Waals surface area contributed by atoms with Gasteiger partial charge in [0.15, 0.2) is 0 Å². The summed E-state index contributed by atoms with van der Waals surface area (Å²) in [5.41, 5.74) is 0. The van der Waals surface area contributed by atoms with Crippen LogP contribution in [0.5, 0.6) is 0 Å². The maximum atomic E-state index is 11.0. The molecular weight excluding hydrogens is 297 g/mol. The first-order valence-electron chi connectivity index (χ1n) is 5.01. The summed E-state index contributed by atoms with van der Waals surface area (Å²) >= 11 is 0. The van der Waals surface area contributed by atoms with E-state index in [-0.39, 0.29) is 57.3 Å². The smallest absolute Gasteiger partial charge is 0.320 e. The van der Waals surface area contributed by atoms with Crippen LogP contribution in [0.15, 0.2) is 0 Å². The van der Waals surface area contributed by atoms with E-state index in [1.165, 1.54) is 0 Å². The van der Waals surface area contributed by atoms with Crippen molar-refractivity contribution in [3.63, 3.8) is 0 Å². The number of rotatable bonds is 6. The Bertz CT molecular complexity index is 197. The molecule has 0 atom stereocenters. The van der Waals surface area contributed by atoms with Crippen molar-refractivity contribution in [1.82, 2.24) is 5.32 Å². The second-order valence-corrected chi connectivity index (χ2v) is 3.68. The summed E-state index contributed by atoms with van der Waals surface area (Å²) in [5, 5.41) is 2.65. The number of esters is 2. The standard InChI is InChI=1S/C10H19NO4.Tc/c1-7(2)14-9(12)5-11-6-10(13)15-8(3)4;/h7-8,11H,5-6H2,1-4H3;/i;1+1. The largest absolute Gasteiger partial charge is 0.462 e. The van der Waals surface area contributed by atoms with Crippen LogP contribution in [0.2, 0.25) is 0 Å². The van der Waals surface area contributed by atoms with Crippen LogP contribution in [-0.4, -0.2) is 37.2 Å². The first-order chi connectivity index (χ1) is 6.91. The van der Waals surface area contributed by atoms with Crippen LogP contribution in [0.1, 0.15) is 27.7 Å². The average Bonchev–Trinajstić information content (AvgIpc) is 2.00. The van der Waals surface area contributed by atoms with Crippen molar-refractivity contribution >= 4 is 11.9 Å². The van der Waals surface area contributed by atoms with Crippen LogP contribution in [0.25, 0.3) is 0 Å². The molecule has 16 heavy (non-hydrogen) atoms. The molecule has 0 aliphatic rings. The molecule has 5 nitrogen and oxygen atoms in total. The maximum Gasteiger partial charge on any atom is 0.320 e. The molecule has 0 rings (SSSR count). The summed E-state index contributed by atoms with van der Waals surface area (Å²) in [5.74, 6) is -0.746. The van der Waals surface area contributed by atoms with Gasteiger partial charge in [0, 0.05) is 20.1 Å². The molecule has 0 aliphatic heterocycles. The third-order valence-corrected chi connectivity index (χ3v) is 1.27. The molecular formula is C10H19NO4Tc. The molecule has 0 aromatic carbocycles. The number of ether oxygens (including phenoxy) is 2. The average molecular weight is 316 g/mol. The van der Waals surface area contributed by atoms with Gasteiger partial charge >= 0.3 is 11.9 Å². The molecule has 6 heteroatoms. The van der Waals surface area contributed by atoms with Crippen molar-refractivity contribution in [1.29, 1.82) is 0 Å². The molecule has 0 aromatic rings. The Morgan fingerprint density at radius 2 is 1.25 bits per heavy atom. The van der Waals surface area contributed by atoms with Gasteiger partial charge in [0.1, 0.15) is 0 Å². The fourth-order valence-corrected chi connectivity index (χ4v) is 0.876. The van der Waals surface area contributed by atoms with Gasteiger partial charge in [0.05, 0.1) is 25.3 Å². The quantitative estimate of drug-likeness (QED) is 0.722. The van der Waals surface area contributed by atoms with Gasteiger partial charge in [-0.25, -0.2) is 0 Å². The van der Waals surface area contributed by atoms with Crippen molar-refractivity contribution in [3.05, 3.63) is 0 Å². The monoisotopic (exact) mass is 316 g/mol. The van der Waals surface area contributed by atoms with Gasteiger partial charge in [-0.1, -0.05) is 0 Å². The summed E-state index contributed by atoms with van der Waals surface area (Å²) in [6.45, 7) is 7.11. The molecule has 0 saturated carbocycles. The minimum absolute atomic E-state index is 0. The fraction of sp³-hybridized carbons (Fsp3) is 0.800. The van der Waals surface area contributed by atoms with Gasteiger partial charge in [-0.3, -0.25) is 14.9 Å². The van der Waals surface area contributed by atoms with E-state index in [0.717, 1.165) is 0 Å². The Kier molecular flexibility index (Phi) is 10.9. The van der Waals surface area contributed by atoms with Crippen molar-refractivity contribution in [2.45, 2.75) is 39.9 Å². The normalized spacial score (nSPS) is 9.88. The Morgan fingerprint density at radius 3 is 1.50 bits per heavy atom. The van der Waals surface area contributed by atoms with Crippen LogP contribution in [0.4, 0.5) is 0 Å². The fourth-order valence-electron chi connectivity index (χ4n) is 0.876. The molecule has 0 amide bonds. The number of hydrogen-bond acceptors (Lipinski definition) is 5. The van der Waals surface area contributed by atoms with Crippen molar-refractivity contribution in [2.24, 2.45) is 0 Å². The number of carbonyl (C=O) groups excluding carboxylic acids is 2. The Hall–Kier alpha value is -0.451. The topological polar surface area (TPSA) is 64.6 Å². The minimum atomic E-state index is -0.373. The van der Waals surface area contributed by atoms with Gasteiger partial charge < -0.3 is 9.47 Å². The van der Waals surface area contributed by atoms with Gasteiger partial charge in [0.2, 0.25) is 0 Å². The van der Waals surface area contributed by atoms with Crippen molar-refractivity contribution < 1.29 is 39.2 Å². The zero-order chi connectivity index (χ0) is 11.8. The predicted octanol–water partition coefficient (Wildman–Crippen LogP) is 0.477. The van der Waals surface area contributed by atoms with Crippen molar-refractivity contribution in [2.75, 3.05) is 13.1 Å². The van der Waals surface area contributed by atoms with Gasteiger partial charge in [0.25, 0.3) is 0 Å². The zero-order valence-electron chi connectivity index (χ0n) is 10.1. The SMILES string of the molecule is CC(C)OC(=O)CNCC(=O)OC(C)C.[99Tc]. The molecule has 0 fully saturated rings.